The predicted octanol–water partition coefficient (Wildman–Crippen LogP) is 4.94. The van der Waals surface area contributed by atoms with E-state index in [2.05, 4.69) is 10.3 Å². The second-order valence-electron chi connectivity index (χ2n) is 9.21. The summed E-state index contributed by atoms with van der Waals surface area (Å²) in [5.41, 5.74) is -1.68. The van der Waals surface area contributed by atoms with Crippen LogP contribution in [0.4, 0.5) is 27.8 Å². The highest BCUT2D eigenvalue weighted by Gasteiger charge is 2.30. The van der Waals surface area contributed by atoms with E-state index in [0.717, 1.165) is 41.0 Å². The lowest BCUT2D eigenvalue weighted by Crippen LogP contribution is -2.46. The van der Waals surface area contributed by atoms with Gasteiger partial charge < -0.3 is 10.2 Å². The summed E-state index contributed by atoms with van der Waals surface area (Å²) in [5, 5.41) is 2.98. The summed E-state index contributed by atoms with van der Waals surface area (Å²) in [4.78, 5) is 31.6. The van der Waals surface area contributed by atoms with Crippen molar-refractivity contribution in [2.75, 3.05) is 18.0 Å². The number of nitrogens with zero attached hydrogens (tertiary/aromatic N) is 3. The third-order valence-electron chi connectivity index (χ3n) is 6.22. The topological polar surface area (TPSA) is 67.2 Å². The number of rotatable bonds is 5. The Hall–Kier alpha value is -3.76. The summed E-state index contributed by atoms with van der Waals surface area (Å²) in [5.74, 6) is -1.92. The number of halogens is 5. The summed E-state index contributed by atoms with van der Waals surface area (Å²) in [7, 11) is 0. The van der Waals surface area contributed by atoms with Gasteiger partial charge in [0.05, 0.1) is 16.8 Å². The number of anilines is 1. The van der Waals surface area contributed by atoms with Gasteiger partial charge in [-0.3, -0.25) is 14.2 Å². The van der Waals surface area contributed by atoms with Crippen molar-refractivity contribution >= 4 is 11.7 Å². The van der Waals surface area contributed by atoms with E-state index in [1.165, 1.54) is 6.07 Å². The molecule has 1 saturated heterocycles. The van der Waals surface area contributed by atoms with Gasteiger partial charge in [-0.1, -0.05) is 13.8 Å². The number of piperidine rings is 1. The van der Waals surface area contributed by atoms with Crippen LogP contribution in [0.3, 0.4) is 0 Å². The molecule has 0 radical (unpaired) electrons. The van der Waals surface area contributed by atoms with Crippen molar-refractivity contribution < 1.29 is 26.7 Å². The van der Waals surface area contributed by atoms with Crippen LogP contribution in [0, 0.1) is 17.6 Å². The first-order valence-electron chi connectivity index (χ1n) is 11.8. The van der Waals surface area contributed by atoms with Gasteiger partial charge in [-0.25, -0.2) is 13.8 Å². The quantitative estimate of drug-likeness (QED) is 0.484. The zero-order valence-corrected chi connectivity index (χ0v) is 20.1. The highest BCUT2D eigenvalue weighted by atomic mass is 19.4. The van der Waals surface area contributed by atoms with Gasteiger partial charge in [0.2, 0.25) is 5.91 Å². The number of hydrogen-bond donors (Lipinski definition) is 1. The number of benzene rings is 2. The predicted molar refractivity (Wildman–Crippen MR) is 128 cm³/mol. The first kappa shape index (κ1) is 26.3. The zero-order valence-electron chi connectivity index (χ0n) is 20.1. The fourth-order valence-electron chi connectivity index (χ4n) is 4.15. The number of alkyl halides is 3. The monoisotopic (exact) mass is 520 g/mol. The molecule has 4 rings (SSSR count). The molecule has 37 heavy (non-hydrogen) atoms. The summed E-state index contributed by atoms with van der Waals surface area (Å²) in [6.07, 6.45) is -3.37. The molecule has 11 heteroatoms. The number of amides is 1. The molecular weight excluding hydrogens is 495 g/mol. The van der Waals surface area contributed by atoms with Gasteiger partial charge in [-0.05, 0) is 49.2 Å². The Morgan fingerprint density at radius 1 is 1.03 bits per heavy atom. The Morgan fingerprint density at radius 3 is 2.24 bits per heavy atom. The van der Waals surface area contributed by atoms with Crippen molar-refractivity contribution in [3.63, 3.8) is 0 Å². The number of carbonyl (C=O) groups is 1. The van der Waals surface area contributed by atoms with Crippen molar-refractivity contribution in [1.82, 2.24) is 14.9 Å². The molecular formula is C26H25F5N4O2. The maximum Gasteiger partial charge on any atom is 0.416 e. The van der Waals surface area contributed by atoms with Crippen LogP contribution in [-0.2, 0) is 11.0 Å². The lowest BCUT2D eigenvalue weighted by Gasteiger charge is -2.33. The van der Waals surface area contributed by atoms with Crippen LogP contribution in [0.15, 0.2) is 53.3 Å². The molecule has 1 aliphatic heterocycles. The fourth-order valence-corrected chi connectivity index (χ4v) is 4.15. The molecule has 2 heterocycles. The fraction of sp³-hybridized carbons (Fsp3) is 0.346. The minimum atomic E-state index is -4.57. The summed E-state index contributed by atoms with van der Waals surface area (Å²) >= 11 is 0. The van der Waals surface area contributed by atoms with Crippen LogP contribution in [0.5, 0.6) is 0 Å². The molecule has 1 aliphatic rings. The van der Waals surface area contributed by atoms with Crippen LogP contribution in [0.1, 0.15) is 32.3 Å². The third-order valence-corrected chi connectivity index (χ3v) is 6.22. The molecule has 1 fully saturated rings. The van der Waals surface area contributed by atoms with Gasteiger partial charge in [0, 0.05) is 37.2 Å². The maximum atomic E-state index is 14.8. The van der Waals surface area contributed by atoms with Crippen molar-refractivity contribution in [1.29, 1.82) is 0 Å². The highest BCUT2D eigenvalue weighted by molar-refractivity contribution is 5.78. The molecule has 0 atom stereocenters. The normalized spacial score (nSPS) is 14.8. The SMILES string of the molecule is CC(C)C(=O)NC1CCN(c2cc(=O)n(-c3ccc(C(F)(F)F)cc3)c(-c3ccc(F)cc3F)n2)CC1. The maximum absolute atomic E-state index is 14.8. The van der Waals surface area contributed by atoms with Gasteiger partial charge in [0.15, 0.2) is 5.82 Å². The second kappa shape index (κ2) is 10.3. The van der Waals surface area contributed by atoms with E-state index in [1.807, 2.05) is 4.90 Å². The molecule has 3 aromatic rings. The third kappa shape index (κ3) is 5.81. The minimum Gasteiger partial charge on any atom is -0.356 e. The van der Waals surface area contributed by atoms with Gasteiger partial charge in [0.1, 0.15) is 17.5 Å². The molecule has 0 spiro atoms. The summed E-state index contributed by atoms with van der Waals surface area (Å²) < 4.78 is 68.5. The number of hydrogen-bond acceptors (Lipinski definition) is 4. The number of carbonyl (C=O) groups excluding carboxylic acids is 1. The standard InChI is InChI=1S/C26H25F5N4O2/c1-15(2)25(37)32-18-9-11-34(12-10-18)22-14-23(36)35(19-6-3-16(4-7-19)26(29,30)31)24(33-22)20-8-5-17(27)13-21(20)28/h3-8,13-15,18H,9-12H2,1-2H3,(H,32,37). The van der Waals surface area contributed by atoms with Crippen molar-refractivity contribution in [3.05, 3.63) is 76.1 Å². The van der Waals surface area contributed by atoms with Crippen LogP contribution in [0.25, 0.3) is 17.1 Å². The van der Waals surface area contributed by atoms with Crippen molar-refractivity contribution in [3.8, 4) is 17.1 Å². The zero-order chi connectivity index (χ0) is 26.9. The number of nitrogens with one attached hydrogen (secondary N) is 1. The summed E-state index contributed by atoms with van der Waals surface area (Å²) in [6.45, 7) is 4.53. The second-order valence-corrected chi connectivity index (χ2v) is 9.21. The van der Waals surface area contributed by atoms with E-state index in [-0.39, 0.29) is 40.8 Å². The van der Waals surface area contributed by atoms with Gasteiger partial charge in [0.25, 0.3) is 5.56 Å². The van der Waals surface area contributed by atoms with E-state index in [9.17, 15) is 31.5 Å². The molecule has 1 aromatic heterocycles. The van der Waals surface area contributed by atoms with Crippen LogP contribution < -0.4 is 15.8 Å². The Kier molecular flexibility index (Phi) is 7.33. The van der Waals surface area contributed by atoms with E-state index >= 15 is 0 Å². The highest BCUT2D eigenvalue weighted by Crippen LogP contribution is 2.31. The average Bonchev–Trinajstić information content (AvgIpc) is 2.83. The van der Waals surface area contributed by atoms with E-state index in [1.54, 1.807) is 13.8 Å². The van der Waals surface area contributed by atoms with E-state index in [4.69, 9.17) is 0 Å². The van der Waals surface area contributed by atoms with E-state index in [0.29, 0.717) is 32.0 Å². The molecule has 0 bridgehead atoms. The van der Waals surface area contributed by atoms with E-state index < -0.39 is 28.9 Å². The van der Waals surface area contributed by atoms with Crippen LogP contribution >= 0.6 is 0 Å². The van der Waals surface area contributed by atoms with Gasteiger partial charge in [-0.15, -0.1) is 0 Å². The van der Waals surface area contributed by atoms with Crippen molar-refractivity contribution in [2.45, 2.75) is 38.9 Å². The van der Waals surface area contributed by atoms with Crippen molar-refractivity contribution in [2.24, 2.45) is 5.92 Å². The average molecular weight is 521 g/mol. The molecule has 196 valence electrons. The van der Waals surface area contributed by atoms with Crippen LogP contribution in [-0.4, -0.2) is 34.6 Å². The molecule has 0 aliphatic carbocycles. The largest absolute Gasteiger partial charge is 0.416 e. The minimum absolute atomic E-state index is 0.0346. The van der Waals surface area contributed by atoms with Gasteiger partial charge in [-0.2, -0.15) is 13.2 Å². The number of aromatic nitrogens is 2. The summed E-state index contributed by atoms with van der Waals surface area (Å²) in [6, 6.07) is 7.81. The smallest absolute Gasteiger partial charge is 0.356 e. The lowest BCUT2D eigenvalue weighted by atomic mass is 10.0. The van der Waals surface area contributed by atoms with Crippen LogP contribution in [0.2, 0.25) is 0 Å². The first-order chi connectivity index (χ1) is 17.4. The molecule has 1 N–H and O–H groups in total. The lowest BCUT2D eigenvalue weighted by molar-refractivity contribution is -0.137. The van der Waals surface area contributed by atoms with Gasteiger partial charge >= 0.3 is 6.18 Å². The molecule has 2 aromatic carbocycles. The molecule has 1 amide bonds. The Balaban J connectivity index is 1.72. The Bertz CT molecular complexity index is 1340. The molecule has 0 saturated carbocycles. The first-order valence-corrected chi connectivity index (χ1v) is 11.8. The molecule has 0 unspecified atom stereocenters. The Labute approximate surface area is 209 Å². The molecule has 6 nitrogen and oxygen atoms in total. The Morgan fingerprint density at radius 2 is 1.68 bits per heavy atom.